The molecular weight excluding hydrogens is 202 g/mol. The number of rotatable bonds is 4. The van der Waals surface area contributed by atoms with Crippen molar-refractivity contribution < 1.29 is 9.47 Å². The van der Waals surface area contributed by atoms with Gasteiger partial charge in [-0.15, -0.1) is 0 Å². The van der Waals surface area contributed by atoms with Gasteiger partial charge in [0, 0.05) is 12.2 Å². The second kappa shape index (κ2) is 5.32. The molecule has 1 heterocycles. The Hall–Kier alpha value is -1.06. The first kappa shape index (κ1) is 11.4. The molecule has 0 saturated carbocycles. The molecule has 0 aromatic heterocycles. The van der Waals surface area contributed by atoms with Gasteiger partial charge in [-0.2, -0.15) is 0 Å². The molecule has 0 radical (unpaired) electrons. The van der Waals surface area contributed by atoms with Gasteiger partial charge in [-0.05, 0) is 19.5 Å². The maximum atomic E-state index is 5.80. The van der Waals surface area contributed by atoms with Gasteiger partial charge in [0.2, 0.25) is 0 Å². The largest absolute Gasteiger partial charge is 0.490 e. The minimum absolute atomic E-state index is 0.111. The molecule has 88 valence electrons. The van der Waals surface area contributed by atoms with Crippen LogP contribution in [0.1, 0.15) is 24.9 Å². The van der Waals surface area contributed by atoms with Crippen molar-refractivity contribution in [2.75, 3.05) is 20.3 Å². The van der Waals surface area contributed by atoms with Crippen molar-refractivity contribution in [1.82, 2.24) is 5.32 Å². The molecule has 2 rings (SSSR count). The Bertz CT molecular complexity index is 340. The SMILES string of the molecule is CCCOC1COc2ccccc2C1NC. The fraction of sp³-hybridized carbons (Fsp3) is 0.538. The number of nitrogens with one attached hydrogen (secondary N) is 1. The molecule has 0 amide bonds. The summed E-state index contributed by atoms with van der Waals surface area (Å²) < 4.78 is 11.5. The Balaban J connectivity index is 2.16. The Labute approximate surface area is 96.8 Å². The molecule has 1 aromatic carbocycles. The summed E-state index contributed by atoms with van der Waals surface area (Å²) >= 11 is 0. The van der Waals surface area contributed by atoms with Gasteiger partial charge in [-0.25, -0.2) is 0 Å². The number of hydrogen-bond donors (Lipinski definition) is 1. The van der Waals surface area contributed by atoms with E-state index in [1.165, 1.54) is 5.56 Å². The third kappa shape index (κ3) is 2.20. The lowest BCUT2D eigenvalue weighted by molar-refractivity contribution is -0.0135. The molecule has 3 heteroatoms. The van der Waals surface area contributed by atoms with Crippen molar-refractivity contribution >= 4 is 0 Å². The van der Waals surface area contributed by atoms with Crippen LogP contribution in [0.3, 0.4) is 0 Å². The summed E-state index contributed by atoms with van der Waals surface area (Å²) in [5.74, 6) is 0.971. The summed E-state index contributed by atoms with van der Waals surface area (Å²) in [6.07, 6.45) is 1.15. The van der Waals surface area contributed by atoms with Gasteiger partial charge in [-0.3, -0.25) is 0 Å². The van der Waals surface area contributed by atoms with Crippen molar-refractivity contribution in [2.45, 2.75) is 25.5 Å². The smallest absolute Gasteiger partial charge is 0.124 e. The van der Waals surface area contributed by atoms with Crippen LogP contribution in [-0.4, -0.2) is 26.4 Å². The lowest BCUT2D eigenvalue weighted by Crippen LogP contribution is -2.39. The predicted octanol–water partition coefficient (Wildman–Crippen LogP) is 2.13. The second-order valence-corrected chi connectivity index (χ2v) is 4.02. The molecule has 0 spiro atoms. The van der Waals surface area contributed by atoms with E-state index in [1.807, 2.05) is 25.2 Å². The maximum Gasteiger partial charge on any atom is 0.124 e. The van der Waals surface area contributed by atoms with E-state index in [2.05, 4.69) is 18.3 Å². The van der Waals surface area contributed by atoms with Crippen LogP contribution in [-0.2, 0) is 4.74 Å². The Morgan fingerprint density at radius 3 is 3.00 bits per heavy atom. The highest BCUT2D eigenvalue weighted by Gasteiger charge is 2.29. The highest BCUT2D eigenvalue weighted by Crippen LogP contribution is 2.32. The van der Waals surface area contributed by atoms with Crippen LogP contribution in [0.4, 0.5) is 0 Å². The fourth-order valence-corrected chi connectivity index (χ4v) is 2.09. The van der Waals surface area contributed by atoms with Gasteiger partial charge >= 0.3 is 0 Å². The zero-order chi connectivity index (χ0) is 11.4. The zero-order valence-corrected chi connectivity index (χ0v) is 9.90. The van der Waals surface area contributed by atoms with E-state index in [-0.39, 0.29) is 12.1 Å². The Morgan fingerprint density at radius 2 is 2.25 bits per heavy atom. The van der Waals surface area contributed by atoms with Crippen LogP contribution in [0.2, 0.25) is 0 Å². The van der Waals surface area contributed by atoms with Crippen LogP contribution in [0.5, 0.6) is 5.75 Å². The summed E-state index contributed by atoms with van der Waals surface area (Å²) in [7, 11) is 1.97. The fourth-order valence-electron chi connectivity index (χ4n) is 2.09. The van der Waals surface area contributed by atoms with Gasteiger partial charge in [0.15, 0.2) is 0 Å². The van der Waals surface area contributed by atoms with Crippen LogP contribution < -0.4 is 10.1 Å². The average Bonchev–Trinajstić information content (AvgIpc) is 2.35. The molecular formula is C13H19NO2. The number of fused-ring (bicyclic) bond motifs is 1. The highest BCUT2D eigenvalue weighted by molar-refractivity contribution is 5.38. The standard InChI is InChI=1S/C13H19NO2/c1-3-8-15-12-9-16-11-7-5-4-6-10(11)13(12)14-2/h4-7,12-14H,3,8-9H2,1-2H3. The summed E-state index contributed by atoms with van der Waals surface area (Å²) in [5.41, 5.74) is 1.19. The lowest BCUT2D eigenvalue weighted by Gasteiger charge is -2.33. The van der Waals surface area contributed by atoms with E-state index in [9.17, 15) is 0 Å². The third-order valence-electron chi connectivity index (χ3n) is 2.88. The zero-order valence-electron chi connectivity index (χ0n) is 9.90. The topological polar surface area (TPSA) is 30.5 Å². The normalized spacial score (nSPS) is 23.6. The van der Waals surface area contributed by atoms with Crippen molar-refractivity contribution in [1.29, 1.82) is 0 Å². The number of ether oxygens (including phenoxy) is 2. The monoisotopic (exact) mass is 221 g/mol. The second-order valence-electron chi connectivity index (χ2n) is 4.02. The molecule has 1 aromatic rings. The molecule has 0 aliphatic carbocycles. The van der Waals surface area contributed by atoms with Gasteiger partial charge in [0.05, 0.1) is 6.04 Å². The van der Waals surface area contributed by atoms with Crippen LogP contribution in [0.25, 0.3) is 0 Å². The highest BCUT2D eigenvalue weighted by atomic mass is 16.5. The summed E-state index contributed by atoms with van der Waals surface area (Å²) in [4.78, 5) is 0. The lowest BCUT2D eigenvalue weighted by atomic mass is 9.98. The number of likely N-dealkylation sites (N-methyl/N-ethyl adjacent to an activating group) is 1. The predicted molar refractivity (Wildman–Crippen MR) is 63.8 cm³/mol. The van der Waals surface area contributed by atoms with E-state index >= 15 is 0 Å². The Kier molecular flexibility index (Phi) is 3.80. The molecule has 3 nitrogen and oxygen atoms in total. The summed E-state index contributed by atoms with van der Waals surface area (Å²) in [6.45, 7) is 3.53. The molecule has 1 N–H and O–H groups in total. The molecule has 0 saturated heterocycles. The van der Waals surface area contributed by atoms with Crippen LogP contribution >= 0.6 is 0 Å². The summed E-state index contributed by atoms with van der Waals surface area (Å²) in [6, 6.07) is 8.37. The van der Waals surface area contributed by atoms with Crippen LogP contribution in [0, 0.1) is 0 Å². The van der Waals surface area contributed by atoms with E-state index in [4.69, 9.17) is 9.47 Å². The molecule has 0 bridgehead atoms. The number of para-hydroxylation sites is 1. The molecule has 1 aliphatic heterocycles. The van der Waals surface area contributed by atoms with E-state index in [1.54, 1.807) is 0 Å². The van der Waals surface area contributed by atoms with E-state index in [0.717, 1.165) is 18.8 Å². The molecule has 2 atom stereocenters. The van der Waals surface area contributed by atoms with Crippen molar-refractivity contribution in [2.24, 2.45) is 0 Å². The van der Waals surface area contributed by atoms with Gasteiger partial charge in [0.1, 0.15) is 18.5 Å². The van der Waals surface area contributed by atoms with Crippen molar-refractivity contribution in [3.8, 4) is 5.75 Å². The van der Waals surface area contributed by atoms with Gasteiger partial charge < -0.3 is 14.8 Å². The third-order valence-corrected chi connectivity index (χ3v) is 2.88. The van der Waals surface area contributed by atoms with E-state index in [0.29, 0.717) is 6.61 Å². The van der Waals surface area contributed by atoms with Crippen molar-refractivity contribution in [3.63, 3.8) is 0 Å². The number of benzene rings is 1. The first-order chi connectivity index (χ1) is 7.86. The summed E-state index contributed by atoms with van der Waals surface area (Å²) in [5, 5.41) is 3.31. The molecule has 16 heavy (non-hydrogen) atoms. The number of hydrogen-bond acceptors (Lipinski definition) is 3. The molecule has 0 fully saturated rings. The molecule has 1 aliphatic rings. The first-order valence-corrected chi connectivity index (χ1v) is 5.87. The minimum Gasteiger partial charge on any atom is -0.490 e. The van der Waals surface area contributed by atoms with Gasteiger partial charge in [0.25, 0.3) is 0 Å². The van der Waals surface area contributed by atoms with E-state index < -0.39 is 0 Å². The van der Waals surface area contributed by atoms with Gasteiger partial charge in [-0.1, -0.05) is 25.1 Å². The molecule has 2 unspecified atom stereocenters. The van der Waals surface area contributed by atoms with Crippen molar-refractivity contribution in [3.05, 3.63) is 29.8 Å². The maximum absolute atomic E-state index is 5.80. The quantitative estimate of drug-likeness (QED) is 0.845. The average molecular weight is 221 g/mol. The van der Waals surface area contributed by atoms with Crippen LogP contribution in [0.15, 0.2) is 24.3 Å². The minimum atomic E-state index is 0.111. The first-order valence-electron chi connectivity index (χ1n) is 5.87. The Morgan fingerprint density at radius 1 is 1.44 bits per heavy atom.